The van der Waals surface area contributed by atoms with Crippen molar-refractivity contribution in [3.63, 3.8) is 0 Å². The van der Waals surface area contributed by atoms with Crippen LogP contribution in [-0.2, 0) is 10.8 Å². The van der Waals surface area contributed by atoms with Crippen LogP contribution in [0, 0.1) is 0 Å². The molecule has 0 saturated heterocycles. The van der Waals surface area contributed by atoms with Crippen LogP contribution in [0.25, 0.3) is 60.9 Å². The van der Waals surface area contributed by atoms with Crippen LogP contribution in [0.3, 0.4) is 0 Å². The minimum atomic E-state index is -0.608. The van der Waals surface area contributed by atoms with Crippen LogP contribution < -0.4 is 4.90 Å². The smallest absolute Gasteiger partial charge is 0.0720 e. The molecular formula is C68H44N2. The van der Waals surface area contributed by atoms with Gasteiger partial charge in [-0.3, -0.25) is 0 Å². The molecular weight excluding hydrogens is 845 g/mol. The molecule has 12 aromatic rings. The molecule has 0 bridgehead atoms. The summed E-state index contributed by atoms with van der Waals surface area (Å²) < 4.78 is 2.40. The van der Waals surface area contributed by atoms with Gasteiger partial charge in [0.2, 0.25) is 0 Å². The minimum absolute atomic E-state index is 0.498. The van der Waals surface area contributed by atoms with E-state index >= 15 is 0 Å². The van der Waals surface area contributed by atoms with Gasteiger partial charge in [-0.25, -0.2) is 0 Å². The Labute approximate surface area is 407 Å². The van der Waals surface area contributed by atoms with Gasteiger partial charge in [-0.05, 0) is 127 Å². The minimum Gasteiger partial charge on any atom is -0.310 e. The SMILES string of the molecule is c1ccc(-c2ccc(N(c3ccc4c(c3)c3ccccc3n4-c3ccccc3)c3cccc4c3-c3ccccc3C43c4ccccc4C4(c5ccccc5-c5ccccc54)c4ccccc43)cc2)cc1. The lowest BCUT2D eigenvalue weighted by molar-refractivity contribution is 0.633. The second kappa shape index (κ2) is 14.8. The summed E-state index contributed by atoms with van der Waals surface area (Å²) in [5, 5.41) is 2.44. The van der Waals surface area contributed by atoms with Crippen LogP contribution in [0.1, 0.15) is 44.5 Å². The second-order valence-corrected chi connectivity index (χ2v) is 19.1. The van der Waals surface area contributed by atoms with E-state index in [0.717, 1.165) is 22.7 Å². The monoisotopic (exact) mass is 888 g/mol. The summed E-state index contributed by atoms with van der Waals surface area (Å²) in [6, 6.07) is 99.9. The van der Waals surface area contributed by atoms with Gasteiger partial charge in [0, 0.05) is 33.4 Å². The first kappa shape index (κ1) is 39.1. The fourth-order valence-corrected chi connectivity index (χ4v) is 13.3. The first-order valence-corrected chi connectivity index (χ1v) is 24.4. The maximum Gasteiger partial charge on any atom is 0.0720 e. The summed E-state index contributed by atoms with van der Waals surface area (Å²) in [6.45, 7) is 0. The second-order valence-electron chi connectivity index (χ2n) is 19.1. The molecule has 2 heteroatoms. The van der Waals surface area contributed by atoms with Gasteiger partial charge in [-0.1, -0.05) is 212 Å². The third-order valence-corrected chi connectivity index (χ3v) is 15.9. The normalized spacial score (nSPS) is 13.9. The van der Waals surface area contributed by atoms with Gasteiger partial charge < -0.3 is 9.47 Å². The molecule has 0 atom stereocenters. The van der Waals surface area contributed by atoms with Crippen LogP contribution in [0.2, 0.25) is 0 Å². The molecule has 0 N–H and O–H groups in total. The van der Waals surface area contributed by atoms with E-state index in [2.05, 4.69) is 276 Å². The van der Waals surface area contributed by atoms with E-state index in [1.54, 1.807) is 0 Å². The van der Waals surface area contributed by atoms with Crippen LogP contribution in [0.4, 0.5) is 17.1 Å². The lowest BCUT2D eigenvalue weighted by atomic mass is 9.52. The van der Waals surface area contributed by atoms with Crippen LogP contribution in [0.15, 0.2) is 267 Å². The number of fused-ring (bicyclic) bond motifs is 19. The Bertz CT molecular complexity index is 3970. The van der Waals surface area contributed by atoms with Crippen molar-refractivity contribution >= 4 is 38.9 Å². The van der Waals surface area contributed by atoms with Gasteiger partial charge >= 0.3 is 0 Å². The molecule has 3 aliphatic rings. The fourth-order valence-electron chi connectivity index (χ4n) is 13.3. The van der Waals surface area contributed by atoms with Crippen LogP contribution in [-0.4, -0.2) is 4.57 Å². The predicted molar refractivity (Wildman–Crippen MR) is 289 cm³/mol. The average molecular weight is 889 g/mol. The van der Waals surface area contributed by atoms with E-state index in [-0.39, 0.29) is 0 Å². The number of hydrogen-bond donors (Lipinski definition) is 0. The van der Waals surface area contributed by atoms with Crippen LogP contribution >= 0.6 is 0 Å². The van der Waals surface area contributed by atoms with Crippen molar-refractivity contribution < 1.29 is 0 Å². The zero-order valence-electron chi connectivity index (χ0n) is 38.3. The molecule has 0 saturated carbocycles. The molecule has 326 valence electrons. The van der Waals surface area contributed by atoms with Gasteiger partial charge in [0.15, 0.2) is 0 Å². The molecule has 70 heavy (non-hydrogen) atoms. The molecule has 0 amide bonds. The highest BCUT2D eigenvalue weighted by atomic mass is 15.1. The van der Waals surface area contributed by atoms with E-state index in [4.69, 9.17) is 0 Å². The summed E-state index contributed by atoms with van der Waals surface area (Å²) in [5.41, 5.74) is 23.9. The topological polar surface area (TPSA) is 8.17 Å². The van der Waals surface area contributed by atoms with E-state index in [1.807, 2.05) is 0 Å². The number of anilines is 3. The quantitative estimate of drug-likeness (QED) is 0.167. The van der Waals surface area contributed by atoms with Crippen LogP contribution in [0.5, 0.6) is 0 Å². The summed E-state index contributed by atoms with van der Waals surface area (Å²) in [4.78, 5) is 2.52. The van der Waals surface area contributed by atoms with Gasteiger partial charge in [0.1, 0.15) is 0 Å². The summed E-state index contributed by atoms with van der Waals surface area (Å²) in [7, 11) is 0. The van der Waals surface area contributed by atoms with Crippen molar-refractivity contribution in [2.24, 2.45) is 0 Å². The maximum atomic E-state index is 2.52. The first-order valence-electron chi connectivity index (χ1n) is 24.4. The Hall–Kier alpha value is -8.98. The first-order chi connectivity index (χ1) is 34.8. The maximum absolute atomic E-state index is 2.52. The number of benzene rings is 11. The van der Waals surface area contributed by atoms with Gasteiger partial charge in [-0.2, -0.15) is 0 Å². The number of aromatic nitrogens is 1. The van der Waals surface area contributed by atoms with Crippen molar-refractivity contribution in [2.75, 3.05) is 4.90 Å². The lowest BCUT2D eigenvalue weighted by Crippen LogP contribution is -2.43. The molecule has 0 aliphatic heterocycles. The molecule has 0 unspecified atom stereocenters. The van der Waals surface area contributed by atoms with Gasteiger partial charge in [0.25, 0.3) is 0 Å². The zero-order valence-corrected chi connectivity index (χ0v) is 38.3. The molecule has 0 radical (unpaired) electrons. The molecule has 2 nitrogen and oxygen atoms in total. The van der Waals surface area contributed by atoms with E-state index in [9.17, 15) is 0 Å². The Morgan fingerprint density at radius 2 is 0.729 bits per heavy atom. The van der Waals surface area contributed by atoms with Crippen molar-refractivity contribution in [3.8, 4) is 39.1 Å². The standard InChI is InChI=1S/C68H44N2/c1-3-20-45(21-4-1)46-38-40-48(41-39-46)69(49-42-43-64-54(44-49)52-26-10-18-36-63(52)70(64)47-22-5-2-6-23-47)65-37-19-35-62-66(65)53-27-9-13-30-57(53)68(62)60-33-16-14-31-58(60)67(59-32-15-17-34-61(59)68)55-28-11-7-24-50(55)51-25-8-12-29-56(51)67/h1-44H. The Balaban J connectivity index is 1.02. The van der Waals surface area contributed by atoms with Crippen molar-refractivity contribution in [3.05, 3.63) is 311 Å². The van der Waals surface area contributed by atoms with Gasteiger partial charge in [-0.15, -0.1) is 0 Å². The summed E-state index contributed by atoms with van der Waals surface area (Å²) in [6.07, 6.45) is 0. The molecule has 2 spiro atoms. The third-order valence-electron chi connectivity index (χ3n) is 15.9. The predicted octanol–water partition coefficient (Wildman–Crippen LogP) is 17.0. The van der Waals surface area contributed by atoms with Crippen molar-refractivity contribution in [1.82, 2.24) is 4.57 Å². The molecule has 3 aliphatic carbocycles. The largest absolute Gasteiger partial charge is 0.310 e. The molecule has 15 rings (SSSR count). The lowest BCUT2D eigenvalue weighted by Gasteiger charge is -2.48. The molecule has 1 heterocycles. The fraction of sp³-hybridized carbons (Fsp3) is 0.0294. The average Bonchev–Trinajstić information content (AvgIpc) is 4.04. The number of nitrogens with zero attached hydrogens (tertiary/aromatic N) is 2. The Kier molecular flexibility index (Phi) is 8.24. The molecule has 1 aromatic heterocycles. The highest BCUT2D eigenvalue weighted by Gasteiger charge is 2.59. The number of para-hydroxylation sites is 2. The Morgan fingerprint density at radius 3 is 1.36 bits per heavy atom. The van der Waals surface area contributed by atoms with Crippen molar-refractivity contribution in [2.45, 2.75) is 10.8 Å². The van der Waals surface area contributed by atoms with E-state index in [0.29, 0.717) is 0 Å². The zero-order chi connectivity index (χ0) is 46.0. The summed E-state index contributed by atoms with van der Waals surface area (Å²) in [5.74, 6) is 0. The van der Waals surface area contributed by atoms with Gasteiger partial charge in [0.05, 0.1) is 27.6 Å². The summed E-state index contributed by atoms with van der Waals surface area (Å²) >= 11 is 0. The Morgan fingerprint density at radius 1 is 0.286 bits per heavy atom. The number of hydrogen-bond acceptors (Lipinski definition) is 1. The van der Waals surface area contributed by atoms with E-state index < -0.39 is 10.8 Å². The van der Waals surface area contributed by atoms with E-state index in [1.165, 1.54) is 99.7 Å². The highest BCUT2D eigenvalue weighted by molar-refractivity contribution is 6.11. The van der Waals surface area contributed by atoms with Crippen molar-refractivity contribution in [1.29, 1.82) is 0 Å². The molecule has 0 fully saturated rings. The molecule has 11 aromatic carbocycles. The number of rotatable bonds is 5. The third kappa shape index (κ3) is 5.07. The highest BCUT2D eigenvalue weighted by Crippen LogP contribution is 2.68.